The van der Waals surface area contributed by atoms with Gasteiger partial charge in [-0.15, -0.1) is 0 Å². The van der Waals surface area contributed by atoms with Gasteiger partial charge in [0.2, 0.25) is 0 Å². The van der Waals surface area contributed by atoms with Gasteiger partial charge in [0.1, 0.15) is 17.4 Å². The lowest BCUT2D eigenvalue weighted by atomic mass is 10.1. The molecule has 26 heavy (non-hydrogen) atoms. The van der Waals surface area contributed by atoms with E-state index in [1.165, 1.54) is 6.08 Å². The Morgan fingerprint density at radius 2 is 2.00 bits per heavy atom. The van der Waals surface area contributed by atoms with Gasteiger partial charge < -0.3 is 10.1 Å². The summed E-state index contributed by atoms with van der Waals surface area (Å²) in [4.78, 5) is 12.5. The lowest BCUT2D eigenvalue weighted by Crippen LogP contribution is -2.14. The molecular formula is C19H15Br2ClN2O2. The molecule has 0 aromatic heterocycles. The van der Waals surface area contributed by atoms with Crippen molar-refractivity contribution in [3.63, 3.8) is 0 Å². The molecule has 0 unspecified atom stereocenters. The van der Waals surface area contributed by atoms with Crippen LogP contribution in [0.3, 0.4) is 0 Å². The maximum atomic E-state index is 12.5. The maximum Gasteiger partial charge on any atom is 0.266 e. The van der Waals surface area contributed by atoms with Crippen LogP contribution in [0.1, 0.15) is 18.1 Å². The average Bonchev–Trinajstić information content (AvgIpc) is 2.60. The van der Waals surface area contributed by atoms with Crippen molar-refractivity contribution in [3.8, 4) is 11.8 Å². The second-order valence-corrected chi connectivity index (χ2v) is 7.40. The van der Waals surface area contributed by atoms with Crippen LogP contribution >= 0.6 is 43.5 Å². The predicted molar refractivity (Wildman–Crippen MR) is 111 cm³/mol. The van der Waals surface area contributed by atoms with Gasteiger partial charge in [-0.25, -0.2) is 0 Å². The predicted octanol–water partition coefficient (Wildman–Crippen LogP) is 6.12. The number of benzene rings is 2. The molecule has 0 fully saturated rings. The number of halogens is 3. The number of nitrogens with one attached hydrogen (secondary N) is 1. The SMILES string of the molecule is CCOc1c(Br)cc(/C=C(/C#N)C(=O)Nc2cccc(Cl)c2C)cc1Br. The summed E-state index contributed by atoms with van der Waals surface area (Å²) >= 11 is 12.9. The number of carbonyl (C=O) groups excluding carboxylic acids is 1. The molecule has 2 aromatic rings. The van der Waals surface area contributed by atoms with Crippen molar-refractivity contribution in [2.45, 2.75) is 13.8 Å². The van der Waals surface area contributed by atoms with E-state index in [0.29, 0.717) is 28.6 Å². The van der Waals surface area contributed by atoms with Crippen LogP contribution in [-0.2, 0) is 4.79 Å². The summed E-state index contributed by atoms with van der Waals surface area (Å²) in [5, 5.41) is 12.7. The second kappa shape index (κ2) is 9.22. The van der Waals surface area contributed by atoms with E-state index in [-0.39, 0.29) is 5.57 Å². The molecule has 0 aliphatic heterocycles. The molecule has 7 heteroatoms. The highest BCUT2D eigenvalue weighted by molar-refractivity contribution is 9.11. The molecule has 1 amide bonds. The maximum absolute atomic E-state index is 12.5. The summed E-state index contributed by atoms with van der Waals surface area (Å²) in [7, 11) is 0. The number of nitriles is 1. The van der Waals surface area contributed by atoms with Crippen molar-refractivity contribution in [1.82, 2.24) is 0 Å². The number of hydrogen-bond donors (Lipinski definition) is 1. The number of ether oxygens (including phenoxy) is 1. The first-order valence-electron chi connectivity index (χ1n) is 7.67. The monoisotopic (exact) mass is 496 g/mol. The van der Waals surface area contributed by atoms with E-state index in [9.17, 15) is 10.1 Å². The molecule has 0 atom stereocenters. The van der Waals surface area contributed by atoms with Gasteiger partial charge in [0.05, 0.1) is 15.6 Å². The molecule has 0 heterocycles. The van der Waals surface area contributed by atoms with Crippen molar-refractivity contribution in [2.24, 2.45) is 0 Å². The summed E-state index contributed by atoms with van der Waals surface area (Å²) in [5.41, 5.74) is 1.97. The summed E-state index contributed by atoms with van der Waals surface area (Å²) in [6, 6.07) is 10.7. The van der Waals surface area contributed by atoms with E-state index in [1.807, 2.05) is 13.0 Å². The molecule has 0 radical (unpaired) electrons. The summed E-state index contributed by atoms with van der Waals surface area (Å²) < 4.78 is 6.98. The van der Waals surface area contributed by atoms with E-state index in [0.717, 1.165) is 14.5 Å². The summed E-state index contributed by atoms with van der Waals surface area (Å²) in [6.45, 7) is 4.22. The van der Waals surface area contributed by atoms with Crippen molar-refractivity contribution in [3.05, 3.63) is 61.0 Å². The minimum Gasteiger partial charge on any atom is -0.492 e. The minimum absolute atomic E-state index is 0.0210. The smallest absolute Gasteiger partial charge is 0.266 e. The van der Waals surface area contributed by atoms with Crippen LogP contribution in [0.5, 0.6) is 5.75 Å². The Balaban J connectivity index is 2.31. The molecular weight excluding hydrogens is 483 g/mol. The van der Waals surface area contributed by atoms with Crippen LogP contribution in [0.2, 0.25) is 5.02 Å². The van der Waals surface area contributed by atoms with Gasteiger partial charge >= 0.3 is 0 Å². The van der Waals surface area contributed by atoms with Gasteiger partial charge in [-0.3, -0.25) is 4.79 Å². The highest BCUT2D eigenvalue weighted by atomic mass is 79.9. The zero-order chi connectivity index (χ0) is 19.3. The first-order valence-corrected chi connectivity index (χ1v) is 9.63. The molecule has 0 aliphatic carbocycles. The number of rotatable bonds is 5. The second-order valence-electron chi connectivity index (χ2n) is 5.28. The van der Waals surface area contributed by atoms with Crippen LogP contribution in [0.25, 0.3) is 6.08 Å². The third kappa shape index (κ3) is 4.88. The van der Waals surface area contributed by atoms with Crippen molar-refractivity contribution < 1.29 is 9.53 Å². The first-order chi connectivity index (χ1) is 12.4. The zero-order valence-corrected chi connectivity index (χ0v) is 18.0. The molecule has 0 spiro atoms. The Bertz CT molecular complexity index is 897. The van der Waals surface area contributed by atoms with Crippen LogP contribution in [0.4, 0.5) is 5.69 Å². The Labute approximate surface area is 174 Å². The molecule has 4 nitrogen and oxygen atoms in total. The standard InChI is InChI=1S/C19H15Br2ClN2O2/c1-3-26-18-14(20)8-12(9-15(18)21)7-13(10-23)19(25)24-17-6-4-5-16(22)11(17)2/h4-9H,3H2,1-2H3,(H,24,25)/b13-7-. The van der Waals surface area contributed by atoms with E-state index in [1.54, 1.807) is 37.3 Å². The number of amides is 1. The van der Waals surface area contributed by atoms with Gasteiger partial charge in [0, 0.05) is 10.7 Å². The normalized spacial score (nSPS) is 11.0. The van der Waals surface area contributed by atoms with Gasteiger partial charge in [-0.1, -0.05) is 17.7 Å². The number of anilines is 1. The van der Waals surface area contributed by atoms with Gasteiger partial charge in [0.25, 0.3) is 5.91 Å². The van der Waals surface area contributed by atoms with E-state index in [2.05, 4.69) is 37.2 Å². The quantitative estimate of drug-likeness (QED) is 0.399. The summed E-state index contributed by atoms with van der Waals surface area (Å²) in [5.74, 6) is 0.168. The third-order valence-electron chi connectivity index (χ3n) is 3.50. The molecule has 2 rings (SSSR count). The number of nitrogens with zero attached hydrogens (tertiary/aromatic N) is 1. The molecule has 2 aromatic carbocycles. The fraction of sp³-hybridized carbons (Fsp3) is 0.158. The lowest BCUT2D eigenvalue weighted by Gasteiger charge is -2.10. The highest BCUT2D eigenvalue weighted by Crippen LogP contribution is 2.35. The molecule has 134 valence electrons. The lowest BCUT2D eigenvalue weighted by molar-refractivity contribution is -0.112. The van der Waals surface area contributed by atoms with Crippen LogP contribution in [0.15, 0.2) is 44.9 Å². The summed E-state index contributed by atoms with van der Waals surface area (Å²) in [6.07, 6.45) is 1.51. The van der Waals surface area contributed by atoms with E-state index in [4.69, 9.17) is 16.3 Å². The fourth-order valence-corrected chi connectivity index (χ4v) is 3.82. The van der Waals surface area contributed by atoms with Gasteiger partial charge in [-0.05, 0) is 87.2 Å². The van der Waals surface area contributed by atoms with Crippen molar-refractivity contribution in [2.75, 3.05) is 11.9 Å². The van der Waals surface area contributed by atoms with E-state index < -0.39 is 5.91 Å². The topological polar surface area (TPSA) is 62.1 Å². The van der Waals surface area contributed by atoms with Crippen molar-refractivity contribution >= 4 is 61.1 Å². The van der Waals surface area contributed by atoms with Crippen LogP contribution in [0, 0.1) is 18.3 Å². The Morgan fingerprint density at radius 3 is 2.58 bits per heavy atom. The molecule has 0 saturated carbocycles. The molecule has 0 bridgehead atoms. The number of hydrogen-bond acceptors (Lipinski definition) is 3. The Morgan fingerprint density at radius 1 is 1.35 bits per heavy atom. The molecule has 0 aliphatic rings. The van der Waals surface area contributed by atoms with Crippen molar-refractivity contribution in [1.29, 1.82) is 5.26 Å². The largest absolute Gasteiger partial charge is 0.492 e. The van der Waals surface area contributed by atoms with Crippen LogP contribution in [-0.4, -0.2) is 12.5 Å². The average molecular weight is 499 g/mol. The Hall–Kier alpha value is -1.81. The molecule has 0 saturated heterocycles. The minimum atomic E-state index is -0.501. The van der Waals surface area contributed by atoms with Crippen LogP contribution < -0.4 is 10.1 Å². The third-order valence-corrected chi connectivity index (χ3v) is 5.09. The highest BCUT2D eigenvalue weighted by Gasteiger charge is 2.13. The van der Waals surface area contributed by atoms with E-state index >= 15 is 0 Å². The Kier molecular flexibility index (Phi) is 7.27. The first kappa shape index (κ1) is 20.5. The fourth-order valence-electron chi connectivity index (χ4n) is 2.19. The zero-order valence-electron chi connectivity index (χ0n) is 14.1. The molecule has 1 N–H and O–H groups in total. The van der Waals surface area contributed by atoms with Gasteiger partial charge in [0.15, 0.2) is 0 Å². The van der Waals surface area contributed by atoms with Gasteiger partial charge in [-0.2, -0.15) is 5.26 Å². The number of carbonyl (C=O) groups is 1.